The largest absolute Gasteiger partial charge is 0.395 e. The lowest BCUT2D eigenvalue weighted by Gasteiger charge is -2.28. The summed E-state index contributed by atoms with van der Waals surface area (Å²) >= 11 is 0. The van der Waals surface area contributed by atoms with Crippen LogP contribution in [0.3, 0.4) is 0 Å². The van der Waals surface area contributed by atoms with Gasteiger partial charge in [-0.15, -0.1) is 0 Å². The topological polar surface area (TPSA) is 72.2 Å². The molecule has 1 aliphatic heterocycles. The molecule has 3 atom stereocenters. The summed E-state index contributed by atoms with van der Waals surface area (Å²) in [7, 11) is 2.06. The zero-order valence-corrected chi connectivity index (χ0v) is 17.5. The molecule has 1 saturated heterocycles. The second kappa shape index (κ2) is 7.86. The number of nitrogens with zero attached hydrogens (tertiary/aromatic N) is 3. The van der Waals surface area contributed by atoms with E-state index in [0.29, 0.717) is 0 Å². The molecule has 27 heavy (non-hydrogen) atoms. The number of nitrogens with one attached hydrogen (secondary N) is 1. The highest BCUT2D eigenvalue weighted by Gasteiger charge is 2.30. The zero-order valence-electron chi connectivity index (χ0n) is 17.5. The maximum Gasteiger partial charge on any atom is 0.158 e. The Bertz CT molecular complexity index is 778. The standard InChI is InChI=1S/C21H34N4O2/c1-13(2)27-18-9-7-8-14(23-17(18)12-26)16-11-22-15-10-19(21(3,4)5)25(6)20(15)24-16/h10-11,13-14,17-18,23,26H,7-9,12H2,1-6H3/t14?,17-,18+/m0/s1. The maximum absolute atomic E-state index is 9.89. The quantitative estimate of drug-likeness (QED) is 0.860. The molecular weight excluding hydrogens is 340 g/mol. The Morgan fingerprint density at radius 2 is 2.07 bits per heavy atom. The average Bonchev–Trinajstić information content (AvgIpc) is 2.80. The maximum atomic E-state index is 9.89. The molecule has 0 radical (unpaired) electrons. The number of aliphatic hydroxyl groups is 1. The van der Waals surface area contributed by atoms with E-state index in [0.717, 1.165) is 36.1 Å². The van der Waals surface area contributed by atoms with E-state index >= 15 is 0 Å². The third-order valence-electron chi connectivity index (χ3n) is 5.37. The molecule has 0 saturated carbocycles. The SMILES string of the molecule is CC(C)O[C@@H]1CCCC(c2cnc3cc(C(C)(C)C)n(C)c3n2)N[C@H]1CO. The van der Waals surface area contributed by atoms with Crippen molar-refractivity contribution >= 4 is 11.2 Å². The van der Waals surface area contributed by atoms with Gasteiger partial charge < -0.3 is 19.7 Å². The van der Waals surface area contributed by atoms with Crippen LogP contribution in [0.4, 0.5) is 0 Å². The van der Waals surface area contributed by atoms with Crippen LogP contribution in [-0.2, 0) is 17.2 Å². The van der Waals surface area contributed by atoms with Crippen LogP contribution in [0.5, 0.6) is 0 Å². The number of rotatable bonds is 4. The molecule has 0 amide bonds. The van der Waals surface area contributed by atoms with Crippen LogP contribution in [0.1, 0.15) is 71.3 Å². The van der Waals surface area contributed by atoms with E-state index in [1.54, 1.807) is 0 Å². The van der Waals surface area contributed by atoms with Crippen LogP contribution < -0.4 is 5.32 Å². The molecule has 0 spiro atoms. The van der Waals surface area contributed by atoms with Crippen molar-refractivity contribution in [2.75, 3.05) is 6.61 Å². The van der Waals surface area contributed by atoms with E-state index < -0.39 is 0 Å². The molecule has 6 nitrogen and oxygen atoms in total. The highest BCUT2D eigenvalue weighted by Crippen LogP contribution is 2.29. The fraction of sp³-hybridized carbons (Fsp3) is 0.714. The first-order chi connectivity index (χ1) is 12.7. The van der Waals surface area contributed by atoms with Crippen molar-refractivity contribution < 1.29 is 9.84 Å². The minimum Gasteiger partial charge on any atom is -0.395 e. The molecule has 0 aromatic carbocycles. The summed E-state index contributed by atoms with van der Waals surface area (Å²) in [6, 6.07) is 2.12. The molecule has 1 aliphatic rings. The van der Waals surface area contributed by atoms with Gasteiger partial charge in [0, 0.05) is 18.2 Å². The molecule has 1 fully saturated rings. The van der Waals surface area contributed by atoms with E-state index in [-0.39, 0.29) is 36.3 Å². The fourth-order valence-corrected chi connectivity index (χ4v) is 4.07. The minimum absolute atomic E-state index is 0.0271. The summed E-state index contributed by atoms with van der Waals surface area (Å²) in [4.78, 5) is 9.63. The Morgan fingerprint density at radius 1 is 1.33 bits per heavy atom. The van der Waals surface area contributed by atoms with Gasteiger partial charge in [0.25, 0.3) is 0 Å². The van der Waals surface area contributed by atoms with E-state index in [9.17, 15) is 5.11 Å². The van der Waals surface area contributed by atoms with Crippen molar-refractivity contribution in [3.05, 3.63) is 23.7 Å². The molecule has 2 N–H and O–H groups in total. The lowest BCUT2D eigenvalue weighted by molar-refractivity contribution is -0.0268. The summed E-state index contributed by atoms with van der Waals surface area (Å²) < 4.78 is 8.18. The fourth-order valence-electron chi connectivity index (χ4n) is 4.07. The van der Waals surface area contributed by atoms with Gasteiger partial charge >= 0.3 is 0 Å². The van der Waals surface area contributed by atoms with Gasteiger partial charge in [0.2, 0.25) is 0 Å². The van der Waals surface area contributed by atoms with Crippen LogP contribution in [0.2, 0.25) is 0 Å². The third kappa shape index (κ3) is 4.33. The van der Waals surface area contributed by atoms with Gasteiger partial charge in [0.05, 0.1) is 42.8 Å². The van der Waals surface area contributed by atoms with E-state index in [4.69, 9.17) is 9.72 Å². The van der Waals surface area contributed by atoms with Gasteiger partial charge in [-0.3, -0.25) is 4.98 Å². The Labute approximate surface area is 162 Å². The van der Waals surface area contributed by atoms with Crippen molar-refractivity contribution in [3.63, 3.8) is 0 Å². The van der Waals surface area contributed by atoms with Gasteiger partial charge in [0.1, 0.15) is 5.52 Å². The van der Waals surface area contributed by atoms with Crippen molar-refractivity contribution in [2.24, 2.45) is 7.05 Å². The molecule has 2 aromatic rings. The summed E-state index contributed by atoms with van der Waals surface area (Å²) in [5, 5.41) is 13.5. The van der Waals surface area contributed by atoms with Gasteiger partial charge in [-0.2, -0.15) is 0 Å². The van der Waals surface area contributed by atoms with Gasteiger partial charge in [-0.25, -0.2) is 4.98 Å². The summed E-state index contributed by atoms with van der Waals surface area (Å²) in [6.07, 6.45) is 5.00. The molecule has 150 valence electrons. The van der Waals surface area contributed by atoms with Crippen LogP contribution in [0.15, 0.2) is 12.3 Å². The van der Waals surface area contributed by atoms with E-state index in [2.05, 4.69) is 48.8 Å². The molecule has 0 bridgehead atoms. The minimum atomic E-state index is -0.0871. The van der Waals surface area contributed by atoms with E-state index in [1.807, 2.05) is 20.0 Å². The number of ether oxygens (including phenoxy) is 1. The third-order valence-corrected chi connectivity index (χ3v) is 5.37. The van der Waals surface area contributed by atoms with Crippen molar-refractivity contribution in [1.29, 1.82) is 0 Å². The molecular formula is C21H34N4O2. The molecule has 6 heteroatoms. The second-order valence-corrected chi connectivity index (χ2v) is 9.00. The van der Waals surface area contributed by atoms with Gasteiger partial charge in [0.15, 0.2) is 5.65 Å². The summed E-state index contributed by atoms with van der Waals surface area (Å²) in [5.41, 5.74) is 4.05. The van der Waals surface area contributed by atoms with Crippen LogP contribution in [-0.4, -0.2) is 44.5 Å². The van der Waals surface area contributed by atoms with E-state index in [1.165, 1.54) is 5.69 Å². The van der Waals surface area contributed by atoms with Crippen molar-refractivity contribution in [2.45, 2.75) is 83.6 Å². The first-order valence-electron chi connectivity index (χ1n) is 10.1. The molecule has 3 rings (SSSR count). The predicted molar refractivity (Wildman–Crippen MR) is 108 cm³/mol. The molecule has 0 aliphatic carbocycles. The predicted octanol–water partition coefficient (Wildman–Crippen LogP) is 3.23. The first-order valence-corrected chi connectivity index (χ1v) is 10.1. The highest BCUT2D eigenvalue weighted by atomic mass is 16.5. The lowest BCUT2D eigenvalue weighted by Crippen LogP contribution is -2.45. The highest BCUT2D eigenvalue weighted by molar-refractivity contribution is 5.73. The Balaban J connectivity index is 1.89. The van der Waals surface area contributed by atoms with Crippen molar-refractivity contribution in [3.8, 4) is 0 Å². The summed E-state index contributed by atoms with van der Waals surface area (Å²) in [5.74, 6) is 0. The number of aryl methyl sites for hydroxylation is 1. The number of aliphatic hydroxyl groups excluding tert-OH is 1. The Kier molecular flexibility index (Phi) is 5.89. The Hall–Kier alpha value is -1.50. The Morgan fingerprint density at radius 3 is 2.70 bits per heavy atom. The second-order valence-electron chi connectivity index (χ2n) is 9.00. The van der Waals surface area contributed by atoms with Gasteiger partial charge in [-0.1, -0.05) is 20.8 Å². The van der Waals surface area contributed by atoms with Crippen LogP contribution >= 0.6 is 0 Å². The molecule has 2 aromatic heterocycles. The summed E-state index contributed by atoms with van der Waals surface area (Å²) in [6.45, 7) is 10.7. The normalized spacial score (nSPS) is 24.5. The lowest BCUT2D eigenvalue weighted by atomic mass is 9.92. The smallest absolute Gasteiger partial charge is 0.158 e. The van der Waals surface area contributed by atoms with Crippen LogP contribution in [0, 0.1) is 0 Å². The zero-order chi connectivity index (χ0) is 19.8. The number of hydrogen-bond acceptors (Lipinski definition) is 5. The molecule has 3 heterocycles. The monoisotopic (exact) mass is 374 g/mol. The van der Waals surface area contributed by atoms with Crippen LogP contribution in [0.25, 0.3) is 11.2 Å². The van der Waals surface area contributed by atoms with Gasteiger partial charge in [-0.05, 0) is 39.2 Å². The number of fused-ring (bicyclic) bond motifs is 1. The first kappa shape index (κ1) is 20.2. The number of aromatic nitrogens is 3. The van der Waals surface area contributed by atoms with Crippen molar-refractivity contribution in [1.82, 2.24) is 19.9 Å². The number of hydrogen-bond donors (Lipinski definition) is 2. The average molecular weight is 375 g/mol. The molecule has 1 unspecified atom stereocenters.